The fourth-order valence-corrected chi connectivity index (χ4v) is 2.04. The molecule has 1 aliphatic rings. The summed E-state index contributed by atoms with van der Waals surface area (Å²) >= 11 is 3.47. The maximum Gasteiger partial charge on any atom is 0.306 e. The van der Waals surface area contributed by atoms with Gasteiger partial charge in [-0.2, -0.15) is 0 Å². The Morgan fingerprint density at radius 1 is 1.64 bits per heavy atom. The molecule has 0 aromatic heterocycles. The minimum Gasteiger partial charge on any atom is -0.457 e. The lowest BCUT2D eigenvalue weighted by atomic mass is 10.1. The molecule has 1 aliphatic heterocycles. The zero-order valence-corrected chi connectivity index (χ0v) is 10.2. The Bertz CT molecular complexity index is 223. The second-order valence-corrected chi connectivity index (χ2v) is 4.52. The van der Waals surface area contributed by atoms with Gasteiger partial charge in [0.05, 0.1) is 0 Å². The standard InChI is InChI=1S/C11H17BrO2/c1-2-3-4-5-6-9(12)10-7-8-11(13)14-10/h6,10H,2-5,7-8H2,1H3. The Kier molecular flexibility index (Phi) is 5.23. The maximum atomic E-state index is 10.9. The third kappa shape index (κ3) is 3.82. The second kappa shape index (κ2) is 6.23. The first-order chi connectivity index (χ1) is 6.74. The van der Waals surface area contributed by atoms with E-state index in [1.54, 1.807) is 0 Å². The van der Waals surface area contributed by atoms with Crippen molar-refractivity contribution in [3.63, 3.8) is 0 Å². The van der Waals surface area contributed by atoms with E-state index in [0.717, 1.165) is 17.3 Å². The smallest absolute Gasteiger partial charge is 0.306 e. The number of unbranched alkanes of at least 4 members (excludes halogenated alkanes) is 3. The van der Waals surface area contributed by atoms with Gasteiger partial charge >= 0.3 is 5.97 Å². The van der Waals surface area contributed by atoms with E-state index in [-0.39, 0.29) is 12.1 Å². The largest absolute Gasteiger partial charge is 0.457 e. The van der Waals surface area contributed by atoms with Gasteiger partial charge in [0.25, 0.3) is 0 Å². The first-order valence-electron chi connectivity index (χ1n) is 5.29. The number of ether oxygens (including phenoxy) is 1. The van der Waals surface area contributed by atoms with Gasteiger partial charge < -0.3 is 4.74 Å². The Morgan fingerprint density at radius 3 is 3.00 bits per heavy atom. The van der Waals surface area contributed by atoms with Crippen LogP contribution in [0, 0.1) is 0 Å². The van der Waals surface area contributed by atoms with Gasteiger partial charge in [0.15, 0.2) is 0 Å². The Morgan fingerprint density at radius 2 is 2.43 bits per heavy atom. The monoisotopic (exact) mass is 260 g/mol. The zero-order valence-electron chi connectivity index (χ0n) is 8.59. The summed E-state index contributed by atoms with van der Waals surface area (Å²) in [6.07, 6.45) is 8.30. The lowest BCUT2D eigenvalue weighted by Gasteiger charge is -2.07. The molecular formula is C11H17BrO2. The molecule has 1 atom stereocenters. The van der Waals surface area contributed by atoms with Crippen molar-refractivity contribution in [2.24, 2.45) is 0 Å². The molecule has 0 aromatic rings. The normalized spacial score (nSPS) is 22.6. The van der Waals surface area contributed by atoms with E-state index in [1.165, 1.54) is 19.3 Å². The summed E-state index contributed by atoms with van der Waals surface area (Å²) in [4.78, 5) is 10.9. The number of esters is 1. The fraction of sp³-hybridized carbons (Fsp3) is 0.727. The average molecular weight is 261 g/mol. The van der Waals surface area contributed by atoms with Crippen molar-refractivity contribution < 1.29 is 9.53 Å². The molecule has 0 amide bonds. The Hall–Kier alpha value is -0.310. The number of rotatable bonds is 5. The van der Waals surface area contributed by atoms with E-state index in [9.17, 15) is 4.79 Å². The minimum absolute atomic E-state index is 0.0101. The highest BCUT2D eigenvalue weighted by Gasteiger charge is 2.24. The molecule has 1 fully saturated rings. The van der Waals surface area contributed by atoms with Crippen molar-refractivity contribution in [2.75, 3.05) is 0 Å². The minimum atomic E-state index is -0.0751. The summed E-state index contributed by atoms with van der Waals surface area (Å²) in [6.45, 7) is 2.19. The number of allylic oxidation sites excluding steroid dienone is 1. The molecule has 2 nitrogen and oxygen atoms in total. The number of hydrogen-bond donors (Lipinski definition) is 0. The van der Waals surface area contributed by atoms with Gasteiger partial charge in [-0.25, -0.2) is 0 Å². The molecule has 0 radical (unpaired) electrons. The van der Waals surface area contributed by atoms with Crippen LogP contribution in [0.25, 0.3) is 0 Å². The number of halogens is 1. The molecule has 0 aliphatic carbocycles. The van der Waals surface area contributed by atoms with Gasteiger partial charge in [0.2, 0.25) is 0 Å². The van der Waals surface area contributed by atoms with Crippen molar-refractivity contribution in [1.82, 2.24) is 0 Å². The molecule has 1 rings (SSSR count). The molecule has 1 heterocycles. The highest BCUT2D eigenvalue weighted by atomic mass is 79.9. The highest BCUT2D eigenvalue weighted by molar-refractivity contribution is 9.11. The lowest BCUT2D eigenvalue weighted by Crippen LogP contribution is -2.06. The van der Waals surface area contributed by atoms with Gasteiger partial charge in [0, 0.05) is 10.9 Å². The van der Waals surface area contributed by atoms with Crippen LogP contribution < -0.4 is 0 Å². The van der Waals surface area contributed by atoms with Gasteiger partial charge in [-0.3, -0.25) is 4.79 Å². The topological polar surface area (TPSA) is 26.3 Å². The van der Waals surface area contributed by atoms with Crippen molar-refractivity contribution in [3.8, 4) is 0 Å². The third-order valence-corrected chi connectivity index (χ3v) is 3.17. The van der Waals surface area contributed by atoms with Gasteiger partial charge in [0.1, 0.15) is 6.10 Å². The van der Waals surface area contributed by atoms with Crippen LogP contribution in [0.3, 0.4) is 0 Å². The Balaban J connectivity index is 2.25. The van der Waals surface area contributed by atoms with E-state index in [2.05, 4.69) is 28.9 Å². The first kappa shape index (κ1) is 11.8. The van der Waals surface area contributed by atoms with Crippen molar-refractivity contribution in [3.05, 3.63) is 10.6 Å². The summed E-state index contributed by atoms with van der Waals surface area (Å²) in [5.74, 6) is -0.0751. The van der Waals surface area contributed by atoms with E-state index >= 15 is 0 Å². The molecule has 0 N–H and O–H groups in total. The highest BCUT2D eigenvalue weighted by Crippen LogP contribution is 2.25. The summed E-state index contributed by atoms with van der Waals surface area (Å²) in [5.41, 5.74) is 0. The number of carbonyl (C=O) groups is 1. The van der Waals surface area contributed by atoms with Crippen molar-refractivity contribution in [2.45, 2.75) is 51.6 Å². The molecular weight excluding hydrogens is 244 g/mol. The summed E-state index contributed by atoms with van der Waals surface area (Å²) < 4.78 is 6.17. The summed E-state index contributed by atoms with van der Waals surface area (Å²) in [6, 6.07) is 0. The average Bonchev–Trinajstić information content (AvgIpc) is 2.59. The van der Waals surface area contributed by atoms with Crippen LogP contribution >= 0.6 is 15.9 Å². The van der Waals surface area contributed by atoms with Crippen LogP contribution in [0.1, 0.15) is 45.4 Å². The molecule has 0 aromatic carbocycles. The molecule has 3 heteroatoms. The molecule has 0 saturated carbocycles. The van der Waals surface area contributed by atoms with E-state index < -0.39 is 0 Å². The first-order valence-corrected chi connectivity index (χ1v) is 6.08. The quantitative estimate of drug-likeness (QED) is 0.558. The predicted molar refractivity (Wildman–Crippen MR) is 60.3 cm³/mol. The number of cyclic esters (lactones) is 1. The SMILES string of the molecule is CCCCCC=C(Br)C1CCC(=O)O1. The van der Waals surface area contributed by atoms with Crippen LogP contribution in [0.2, 0.25) is 0 Å². The lowest BCUT2D eigenvalue weighted by molar-refractivity contribution is -0.140. The molecule has 1 saturated heterocycles. The molecule has 0 bridgehead atoms. The van der Waals surface area contributed by atoms with Gasteiger partial charge in [-0.1, -0.05) is 41.8 Å². The summed E-state index contributed by atoms with van der Waals surface area (Å²) in [7, 11) is 0. The number of hydrogen-bond acceptors (Lipinski definition) is 2. The van der Waals surface area contributed by atoms with Crippen LogP contribution in [-0.4, -0.2) is 12.1 Å². The maximum absolute atomic E-state index is 10.9. The van der Waals surface area contributed by atoms with E-state index in [1.807, 2.05) is 0 Å². The van der Waals surface area contributed by atoms with E-state index in [4.69, 9.17) is 4.74 Å². The van der Waals surface area contributed by atoms with Gasteiger partial charge in [-0.15, -0.1) is 0 Å². The van der Waals surface area contributed by atoms with Crippen molar-refractivity contribution >= 4 is 21.9 Å². The second-order valence-electron chi connectivity index (χ2n) is 3.60. The fourth-order valence-electron chi connectivity index (χ4n) is 1.49. The Labute approximate surface area is 93.8 Å². The van der Waals surface area contributed by atoms with Crippen LogP contribution in [-0.2, 0) is 9.53 Å². The van der Waals surface area contributed by atoms with Gasteiger partial charge in [-0.05, 0) is 19.3 Å². The zero-order chi connectivity index (χ0) is 10.4. The summed E-state index contributed by atoms with van der Waals surface area (Å²) in [5, 5.41) is 0. The molecule has 14 heavy (non-hydrogen) atoms. The number of carbonyl (C=O) groups excluding carboxylic acids is 1. The molecule has 1 unspecified atom stereocenters. The van der Waals surface area contributed by atoms with Crippen LogP contribution in [0.4, 0.5) is 0 Å². The van der Waals surface area contributed by atoms with Crippen LogP contribution in [0.15, 0.2) is 10.6 Å². The molecule has 80 valence electrons. The predicted octanol–water partition coefficient (Wildman–Crippen LogP) is 3.55. The third-order valence-electron chi connectivity index (χ3n) is 2.34. The van der Waals surface area contributed by atoms with Crippen molar-refractivity contribution in [1.29, 1.82) is 0 Å². The van der Waals surface area contributed by atoms with Crippen LogP contribution in [0.5, 0.6) is 0 Å². The van der Waals surface area contributed by atoms with E-state index in [0.29, 0.717) is 6.42 Å². The molecule has 0 spiro atoms.